The molecular formula is C23H23F4N5O5S. The van der Waals surface area contributed by atoms with Crippen molar-refractivity contribution in [2.45, 2.75) is 38.0 Å². The highest BCUT2D eigenvalue weighted by atomic mass is 32.2. The lowest BCUT2D eigenvalue weighted by molar-refractivity contribution is -0.274. The number of anilines is 1. The summed E-state index contributed by atoms with van der Waals surface area (Å²) in [7, 11) is -4.14. The Hall–Kier alpha value is -3.56. The van der Waals surface area contributed by atoms with E-state index in [0.717, 1.165) is 0 Å². The highest BCUT2D eigenvalue weighted by Crippen LogP contribution is 2.32. The number of benzene rings is 1. The molecule has 1 fully saturated rings. The summed E-state index contributed by atoms with van der Waals surface area (Å²) < 4.78 is 84.3. The summed E-state index contributed by atoms with van der Waals surface area (Å²) in [6, 6.07) is 6.27. The Kier molecular flexibility index (Phi) is 7.99. The molecule has 0 saturated heterocycles. The highest BCUT2D eigenvalue weighted by molar-refractivity contribution is 7.84. The quantitative estimate of drug-likeness (QED) is 0.286. The molecule has 1 aliphatic carbocycles. The van der Waals surface area contributed by atoms with Crippen molar-refractivity contribution in [2.24, 2.45) is 11.1 Å². The smallest absolute Gasteiger partial charge is 0.406 e. The van der Waals surface area contributed by atoms with Crippen LogP contribution in [0, 0.1) is 5.92 Å². The highest BCUT2D eigenvalue weighted by Gasteiger charge is 2.36. The maximum atomic E-state index is 14.6. The molecule has 1 saturated carbocycles. The second kappa shape index (κ2) is 11.0. The van der Waals surface area contributed by atoms with Gasteiger partial charge in [0, 0.05) is 30.7 Å². The molecule has 0 radical (unpaired) electrons. The number of carbonyl (C=O) groups is 1. The fourth-order valence-corrected chi connectivity index (χ4v) is 4.61. The first-order chi connectivity index (χ1) is 17.9. The Morgan fingerprint density at radius 1 is 1.24 bits per heavy atom. The second-order valence-corrected chi connectivity index (χ2v) is 9.98. The first kappa shape index (κ1) is 27.5. The molecule has 3 N–H and O–H groups in total. The Morgan fingerprint density at radius 2 is 2.03 bits per heavy atom. The van der Waals surface area contributed by atoms with Gasteiger partial charge in [-0.05, 0) is 42.5 Å². The third-order valence-corrected chi connectivity index (χ3v) is 6.30. The summed E-state index contributed by atoms with van der Waals surface area (Å²) in [6.07, 6.45) is -0.297. The Balaban J connectivity index is 1.44. The average molecular weight is 558 g/mol. The number of alkyl halides is 4. The summed E-state index contributed by atoms with van der Waals surface area (Å²) in [6.45, 7) is -0.0853. The van der Waals surface area contributed by atoms with E-state index in [2.05, 4.69) is 24.2 Å². The summed E-state index contributed by atoms with van der Waals surface area (Å²) >= 11 is 0. The van der Waals surface area contributed by atoms with Crippen LogP contribution in [0.1, 0.15) is 34.3 Å². The van der Waals surface area contributed by atoms with Crippen molar-refractivity contribution in [1.29, 1.82) is 0 Å². The molecule has 0 bridgehead atoms. The maximum Gasteiger partial charge on any atom is 0.573 e. The standard InChI is InChI=1S/C23H23F4N5O5S/c24-19-7-15(12-36-38(28,34)35)8-20(19)31-22-18(9-29-13-30-22)21(33)16-4-5-32(11-16)10-14-2-1-3-17(6-14)37-23(25,26)27/h1-6,9,11,13,15,19-20H,7-8,10,12H2,(H2,28,34,35)(H,29,30,31). The molecule has 3 unspecified atom stereocenters. The van der Waals surface area contributed by atoms with Crippen LogP contribution in [0.5, 0.6) is 5.75 Å². The maximum absolute atomic E-state index is 14.6. The third-order valence-electron chi connectivity index (χ3n) is 5.84. The predicted molar refractivity (Wildman–Crippen MR) is 126 cm³/mol. The van der Waals surface area contributed by atoms with Gasteiger partial charge in [-0.2, -0.15) is 8.42 Å². The lowest BCUT2D eigenvalue weighted by Crippen LogP contribution is -2.27. The number of hydrogen-bond acceptors (Lipinski definition) is 8. The number of halogens is 4. The van der Waals surface area contributed by atoms with Crippen LogP contribution >= 0.6 is 0 Å². The molecule has 2 aromatic heterocycles. The minimum Gasteiger partial charge on any atom is -0.406 e. The number of nitrogens with two attached hydrogens (primary N) is 1. The summed E-state index contributed by atoms with van der Waals surface area (Å²) in [5, 5.41) is 7.74. The number of hydrogen-bond donors (Lipinski definition) is 2. The van der Waals surface area contributed by atoms with Gasteiger partial charge in [0.15, 0.2) is 5.78 Å². The van der Waals surface area contributed by atoms with Crippen LogP contribution in [0.4, 0.5) is 23.4 Å². The van der Waals surface area contributed by atoms with E-state index in [1.54, 1.807) is 16.8 Å². The molecular weight excluding hydrogens is 534 g/mol. The molecule has 3 atom stereocenters. The normalized spacial score (nSPS) is 19.9. The molecule has 38 heavy (non-hydrogen) atoms. The van der Waals surface area contributed by atoms with E-state index in [4.69, 9.17) is 5.14 Å². The van der Waals surface area contributed by atoms with Crippen molar-refractivity contribution in [3.8, 4) is 5.75 Å². The molecule has 2 heterocycles. The Bertz CT molecular complexity index is 1400. The SMILES string of the molecule is NS(=O)(=O)OCC1CC(F)C(Nc2ncncc2C(=O)c2ccn(Cc3cccc(OC(F)(F)F)c3)c2)C1. The number of nitrogens with one attached hydrogen (secondary N) is 1. The monoisotopic (exact) mass is 557 g/mol. The summed E-state index contributed by atoms with van der Waals surface area (Å²) in [5.41, 5.74) is 0.860. The van der Waals surface area contributed by atoms with Crippen molar-refractivity contribution in [3.05, 3.63) is 71.9 Å². The van der Waals surface area contributed by atoms with Crippen molar-refractivity contribution in [1.82, 2.24) is 14.5 Å². The van der Waals surface area contributed by atoms with Crippen LogP contribution in [0.25, 0.3) is 0 Å². The van der Waals surface area contributed by atoms with Gasteiger partial charge < -0.3 is 14.6 Å². The van der Waals surface area contributed by atoms with E-state index in [1.807, 2.05) is 0 Å². The van der Waals surface area contributed by atoms with Gasteiger partial charge in [0.1, 0.15) is 24.1 Å². The topological polar surface area (TPSA) is 138 Å². The van der Waals surface area contributed by atoms with E-state index in [0.29, 0.717) is 5.56 Å². The van der Waals surface area contributed by atoms with Gasteiger partial charge in [0.25, 0.3) is 0 Å². The van der Waals surface area contributed by atoms with Crippen molar-refractivity contribution in [3.63, 3.8) is 0 Å². The first-order valence-electron chi connectivity index (χ1n) is 11.3. The fraction of sp³-hybridized carbons (Fsp3) is 0.348. The largest absolute Gasteiger partial charge is 0.573 e. The van der Waals surface area contributed by atoms with E-state index >= 15 is 0 Å². The molecule has 204 valence electrons. The van der Waals surface area contributed by atoms with Crippen molar-refractivity contribution < 1.29 is 39.7 Å². The third kappa shape index (κ3) is 7.49. The van der Waals surface area contributed by atoms with Crippen LogP contribution < -0.4 is 15.2 Å². The van der Waals surface area contributed by atoms with Crippen molar-refractivity contribution >= 4 is 21.9 Å². The zero-order valence-corrected chi connectivity index (χ0v) is 20.5. The van der Waals surface area contributed by atoms with Gasteiger partial charge in [0.2, 0.25) is 0 Å². The lowest BCUT2D eigenvalue weighted by atomic mass is 10.1. The minimum atomic E-state index is -4.81. The van der Waals surface area contributed by atoms with Gasteiger partial charge in [0.05, 0.1) is 18.2 Å². The van der Waals surface area contributed by atoms with Gasteiger partial charge >= 0.3 is 16.7 Å². The van der Waals surface area contributed by atoms with Crippen LogP contribution in [0.2, 0.25) is 0 Å². The van der Waals surface area contributed by atoms with Crippen LogP contribution in [-0.4, -0.2) is 53.9 Å². The summed E-state index contributed by atoms with van der Waals surface area (Å²) in [4.78, 5) is 21.2. The average Bonchev–Trinajstić information content (AvgIpc) is 3.43. The Labute approximate surface area is 215 Å². The van der Waals surface area contributed by atoms with Crippen molar-refractivity contribution in [2.75, 3.05) is 11.9 Å². The van der Waals surface area contributed by atoms with Gasteiger partial charge in [-0.25, -0.2) is 19.5 Å². The molecule has 10 nitrogen and oxygen atoms in total. The van der Waals surface area contributed by atoms with Gasteiger partial charge in [-0.1, -0.05) is 12.1 Å². The first-order valence-corrected chi connectivity index (χ1v) is 12.8. The zero-order valence-electron chi connectivity index (χ0n) is 19.6. The number of aromatic nitrogens is 3. The molecule has 1 aromatic carbocycles. The Morgan fingerprint density at radius 3 is 2.76 bits per heavy atom. The van der Waals surface area contributed by atoms with Crippen LogP contribution in [-0.2, 0) is 21.0 Å². The molecule has 0 spiro atoms. The van der Waals surface area contributed by atoms with Crippen LogP contribution in [0.15, 0.2) is 55.2 Å². The number of rotatable bonds is 10. The van der Waals surface area contributed by atoms with E-state index < -0.39 is 40.6 Å². The second-order valence-electron chi connectivity index (χ2n) is 8.76. The molecule has 1 aliphatic rings. The van der Waals surface area contributed by atoms with E-state index in [1.165, 1.54) is 43.0 Å². The van der Waals surface area contributed by atoms with Gasteiger partial charge in [-0.3, -0.25) is 8.98 Å². The summed E-state index contributed by atoms with van der Waals surface area (Å²) in [5.74, 6) is -1.11. The lowest BCUT2D eigenvalue weighted by Gasteiger charge is -2.17. The number of ether oxygens (including phenoxy) is 1. The molecule has 15 heteroatoms. The number of nitrogens with zero attached hydrogens (tertiary/aromatic N) is 3. The molecule has 4 rings (SSSR count). The number of carbonyl (C=O) groups excluding carboxylic acids is 1. The fourth-order valence-electron chi connectivity index (χ4n) is 4.23. The van der Waals surface area contributed by atoms with E-state index in [-0.39, 0.29) is 48.7 Å². The van der Waals surface area contributed by atoms with Gasteiger partial charge in [-0.15, -0.1) is 13.2 Å². The van der Waals surface area contributed by atoms with Crippen LogP contribution in [0.3, 0.4) is 0 Å². The molecule has 0 aliphatic heterocycles. The predicted octanol–water partition coefficient (Wildman–Crippen LogP) is 3.20. The molecule has 3 aromatic rings. The van der Waals surface area contributed by atoms with E-state index in [9.17, 15) is 30.8 Å². The minimum absolute atomic E-state index is 0.0413. The number of ketones is 1. The molecule has 0 amide bonds. The zero-order chi connectivity index (χ0) is 27.5.